The largest absolute Gasteiger partial charge is 0.381 e. The van der Waals surface area contributed by atoms with Gasteiger partial charge in [0, 0.05) is 24.7 Å². The van der Waals surface area contributed by atoms with Gasteiger partial charge in [-0.3, -0.25) is 4.79 Å². The number of ether oxygens (including phenoxy) is 1. The van der Waals surface area contributed by atoms with Gasteiger partial charge in [0.1, 0.15) is 5.82 Å². The molecular formula is C13H15BrFNO2. The highest BCUT2D eigenvalue weighted by atomic mass is 79.9. The van der Waals surface area contributed by atoms with E-state index in [-0.39, 0.29) is 17.6 Å². The zero-order valence-electron chi connectivity index (χ0n) is 10.2. The molecule has 1 fully saturated rings. The molecule has 1 saturated heterocycles. The number of rotatable bonds is 2. The van der Waals surface area contributed by atoms with Crippen LogP contribution in [0.4, 0.5) is 4.39 Å². The van der Waals surface area contributed by atoms with Crippen LogP contribution in [0.3, 0.4) is 0 Å². The van der Waals surface area contributed by atoms with E-state index in [9.17, 15) is 9.18 Å². The summed E-state index contributed by atoms with van der Waals surface area (Å²) in [6, 6.07) is 4.42. The SMILES string of the molecule is COC1CCN(C(=O)c2cc(Br)ccc2F)CC1. The Morgan fingerprint density at radius 1 is 1.44 bits per heavy atom. The fourth-order valence-electron chi connectivity index (χ4n) is 2.13. The molecule has 0 radical (unpaired) electrons. The number of nitrogens with zero attached hydrogens (tertiary/aromatic N) is 1. The fourth-order valence-corrected chi connectivity index (χ4v) is 2.49. The van der Waals surface area contributed by atoms with Crippen molar-refractivity contribution in [3.63, 3.8) is 0 Å². The Labute approximate surface area is 114 Å². The Hall–Kier alpha value is -0.940. The highest BCUT2D eigenvalue weighted by molar-refractivity contribution is 9.10. The van der Waals surface area contributed by atoms with Gasteiger partial charge in [-0.25, -0.2) is 4.39 Å². The van der Waals surface area contributed by atoms with Gasteiger partial charge < -0.3 is 9.64 Å². The van der Waals surface area contributed by atoms with Gasteiger partial charge in [0.25, 0.3) is 5.91 Å². The molecule has 0 aromatic heterocycles. The van der Waals surface area contributed by atoms with Crippen molar-refractivity contribution in [1.82, 2.24) is 4.90 Å². The summed E-state index contributed by atoms with van der Waals surface area (Å²) in [5.74, 6) is -0.722. The third-order valence-corrected chi connectivity index (χ3v) is 3.71. The molecule has 1 aliphatic heterocycles. The molecular weight excluding hydrogens is 301 g/mol. The third-order valence-electron chi connectivity index (χ3n) is 3.22. The summed E-state index contributed by atoms with van der Waals surface area (Å²) in [5, 5.41) is 0. The van der Waals surface area contributed by atoms with Crippen LogP contribution in [0.2, 0.25) is 0 Å². The molecule has 1 amide bonds. The van der Waals surface area contributed by atoms with Gasteiger partial charge in [-0.2, -0.15) is 0 Å². The maximum Gasteiger partial charge on any atom is 0.256 e. The number of piperidine rings is 1. The molecule has 0 atom stereocenters. The van der Waals surface area contributed by atoms with Crippen LogP contribution >= 0.6 is 15.9 Å². The van der Waals surface area contributed by atoms with E-state index in [2.05, 4.69) is 15.9 Å². The summed E-state index contributed by atoms with van der Waals surface area (Å²) < 4.78 is 19.6. The van der Waals surface area contributed by atoms with E-state index in [1.165, 1.54) is 12.1 Å². The highest BCUT2D eigenvalue weighted by Gasteiger charge is 2.25. The molecule has 1 aliphatic rings. The predicted octanol–water partition coefficient (Wildman–Crippen LogP) is 2.84. The molecule has 0 unspecified atom stereocenters. The topological polar surface area (TPSA) is 29.5 Å². The Balaban J connectivity index is 2.10. The number of carbonyl (C=O) groups excluding carboxylic acids is 1. The molecule has 1 heterocycles. The van der Waals surface area contributed by atoms with Crippen molar-refractivity contribution in [2.75, 3.05) is 20.2 Å². The van der Waals surface area contributed by atoms with Crippen molar-refractivity contribution in [2.24, 2.45) is 0 Å². The van der Waals surface area contributed by atoms with E-state index < -0.39 is 5.82 Å². The molecule has 5 heteroatoms. The van der Waals surface area contributed by atoms with E-state index in [1.807, 2.05) is 0 Å². The number of carbonyl (C=O) groups is 1. The second kappa shape index (κ2) is 5.80. The van der Waals surface area contributed by atoms with E-state index in [0.29, 0.717) is 17.6 Å². The number of halogens is 2. The zero-order valence-corrected chi connectivity index (χ0v) is 11.7. The van der Waals surface area contributed by atoms with Gasteiger partial charge in [-0.15, -0.1) is 0 Å². The lowest BCUT2D eigenvalue weighted by Gasteiger charge is -2.31. The standard InChI is InChI=1S/C13H15BrFNO2/c1-18-10-4-6-16(7-5-10)13(17)11-8-9(14)2-3-12(11)15/h2-3,8,10H,4-7H2,1H3. The molecule has 0 spiro atoms. The van der Waals surface area contributed by atoms with E-state index in [1.54, 1.807) is 18.1 Å². The van der Waals surface area contributed by atoms with Gasteiger partial charge in [0.05, 0.1) is 11.7 Å². The number of methoxy groups -OCH3 is 1. The van der Waals surface area contributed by atoms with Crippen molar-refractivity contribution < 1.29 is 13.9 Å². The van der Waals surface area contributed by atoms with Crippen LogP contribution in [-0.2, 0) is 4.74 Å². The number of benzene rings is 1. The van der Waals surface area contributed by atoms with Crippen molar-refractivity contribution in [3.05, 3.63) is 34.1 Å². The van der Waals surface area contributed by atoms with Gasteiger partial charge in [0.2, 0.25) is 0 Å². The van der Waals surface area contributed by atoms with Gasteiger partial charge in [-0.05, 0) is 31.0 Å². The first-order valence-electron chi connectivity index (χ1n) is 5.89. The lowest BCUT2D eigenvalue weighted by molar-refractivity contribution is 0.0348. The summed E-state index contributed by atoms with van der Waals surface area (Å²) in [5.41, 5.74) is 0.125. The first-order valence-corrected chi connectivity index (χ1v) is 6.68. The molecule has 0 aliphatic carbocycles. The molecule has 18 heavy (non-hydrogen) atoms. The summed E-state index contributed by atoms with van der Waals surface area (Å²) in [7, 11) is 1.68. The van der Waals surface area contributed by atoms with E-state index in [0.717, 1.165) is 12.8 Å². The van der Waals surface area contributed by atoms with Crippen LogP contribution in [0, 0.1) is 5.82 Å². The summed E-state index contributed by atoms with van der Waals surface area (Å²) in [6.07, 6.45) is 1.82. The average Bonchev–Trinajstić information content (AvgIpc) is 2.41. The average molecular weight is 316 g/mol. The smallest absolute Gasteiger partial charge is 0.256 e. The van der Waals surface area contributed by atoms with Crippen molar-refractivity contribution >= 4 is 21.8 Å². The monoisotopic (exact) mass is 315 g/mol. The van der Waals surface area contributed by atoms with E-state index >= 15 is 0 Å². The molecule has 3 nitrogen and oxygen atoms in total. The van der Waals surface area contributed by atoms with E-state index in [4.69, 9.17) is 4.74 Å². The van der Waals surface area contributed by atoms with Gasteiger partial charge in [-0.1, -0.05) is 15.9 Å². The first kappa shape index (κ1) is 13.5. The minimum atomic E-state index is -0.475. The molecule has 2 rings (SSSR count). The van der Waals surface area contributed by atoms with Crippen LogP contribution in [0.1, 0.15) is 23.2 Å². The molecule has 98 valence electrons. The number of likely N-dealkylation sites (tertiary alicyclic amines) is 1. The lowest BCUT2D eigenvalue weighted by Crippen LogP contribution is -2.40. The van der Waals surface area contributed by atoms with Crippen LogP contribution in [0.5, 0.6) is 0 Å². The summed E-state index contributed by atoms with van der Waals surface area (Å²) >= 11 is 3.25. The van der Waals surface area contributed by atoms with Crippen LogP contribution in [0.25, 0.3) is 0 Å². The van der Waals surface area contributed by atoms with Gasteiger partial charge >= 0.3 is 0 Å². The molecule has 0 bridgehead atoms. The second-order valence-electron chi connectivity index (χ2n) is 4.35. The van der Waals surface area contributed by atoms with Crippen molar-refractivity contribution in [2.45, 2.75) is 18.9 Å². The first-order chi connectivity index (χ1) is 8.61. The quantitative estimate of drug-likeness (QED) is 0.840. The van der Waals surface area contributed by atoms with Crippen molar-refractivity contribution in [3.8, 4) is 0 Å². The normalized spacial score (nSPS) is 16.9. The third kappa shape index (κ3) is 2.90. The Morgan fingerprint density at radius 2 is 2.11 bits per heavy atom. The number of amides is 1. The second-order valence-corrected chi connectivity index (χ2v) is 5.27. The Kier molecular flexibility index (Phi) is 4.35. The maximum absolute atomic E-state index is 13.6. The van der Waals surface area contributed by atoms with Crippen LogP contribution < -0.4 is 0 Å². The number of hydrogen-bond acceptors (Lipinski definition) is 2. The van der Waals surface area contributed by atoms with Crippen molar-refractivity contribution in [1.29, 1.82) is 0 Å². The predicted molar refractivity (Wildman–Crippen MR) is 70.0 cm³/mol. The summed E-state index contributed by atoms with van der Waals surface area (Å²) in [6.45, 7) is 1.23. The van der Waals surface area contributed by atoms with Crippen LogP contribution in [0.15, 0.2) is 22.7 Å². The van der Waals surface area contributed by atoms with Gasteiger partial charge in [0.15, 0.2) is 0 Å². The Bertz CT molecular complexity index is 445. The highest BCUT2D eigenvalue weighted by Crippen LogP contribution is 2.20. The maximum atomic E-state index is 13.6. The summed E-state index contributed by atoms with van der Waals surface area (Å²) in [4.78, 5) is 13.9. The Morgan fingerprint density at radius 3 is 2.72 bits per heavy atom. The molecule has 1 aromatic carbocycles. The zero-order chi connectivity index (χ0) is 13.1. The molecule has 0 N–H and O–H groups in total. The fraction of sp³-hybridized carbons (Fsp3) is 0.462. The minimum Gasteiger partial charge on any atom is -0.381 e. The minimum absolute atomic E-state index is 0.125. The molecule has 1 aromatic rings. The van der Waals surface area contributed by atoms with Crippen LogP contribution in [-0.4, -0.2) is 37.1 Å². The number of hydrogen-bond donors (Lipinski definition) is 0. The molecule has 0 saturated carbocycles. The lowest BCUT2D eigenvalue weighted by atomic mass is 10.1.